The molecule has 1 aromatic carbocycles. The molecular weight excluding hydrogens is 300 g/mol. The van der Waals surface area contributed by atoms with Crippen LogP contribution in [0.5, 0.6) is 5.75 Å². The Balaban J connectivity index is 1.88. The summed E-state index contributed by atoms with van der Waals surface area (Å²) in [5.41, 5.74) is 0.897. The van der Waals surface area contributed by atoms with Gasteiger partial charge in [0.2, 0.25) is 11.0 Å². The molecule has 0 unspecified atom stereocenters. The summed E-state index contributed by atoms with van der Waals surface area (Å²) in [4.78, 5) is 14.1. The Morgan fingerprint density at radius 3 is 2.91 bits per heavy atom. The van der Waals surface area contributed by atoms with Gasteiger partial charge in [-0.25, -0.2) is 0 Å². The van der Waals surface area contributed by atoms with Crippen molar-refractivity contribution in [2.75, 3.05) is 33.1 Å². The molecule has 118 valence electrons. The van der Waals surface area contributed by atoms with E-state index in [9.17, 15) is 4.79 Å². The fourth-order valence-electron chi connectivity index (χ4n) is 1.86. The van der Waals surface area contributed by atoms with Crippen LogP contribution in [0.4, 0.5) is 5.13 Å². The Hall–Kier alpha value is -1.99. The lowest BCUT2D eigenvalue weighted by atomic mass is 10.1. The molecule has 0 radical (unpaired) electrons. The van der Waals surface area contributed by atoms with E-state index in [-0.39, 0.29) is 12.3 Å². The van der Waals surface area contributed by atoms with Crippen molar-refractivity contribution in [2.24, 2.45) is 0 Å². The van der Waals surface area contributed by atoms with Gasteiger partial charge in [0.15, 0.2) is 0 Å². The molecule has 6 nitrogen and oxygen atoms in total. The van der Waals surface area contributed by atoms with E-state index in [0.29, 0.717) is 5.13 Å². The third-order valence-corrected chi connectivity index (χ3v) is 3.88. The van der Waals surface area contributed by atoms with Crippen molar-refractivity contribution >= 4 is 22.4 Å². The van der Waals surface area contributed by atoms with Crippen LogP contribution in [0.15, 0.2) is 24.3 Å². The highest BCUT2D eigenvalue weighted by Gasteiger charge is 2.09. The summed E-state index contributed by atoms with van der Waals surface area (Å²) < 4.78 is 5.15. The van der Waals surface area contributed by atoms with Crippen LogP contribution in [0.25, 0.3) is 0 Å². The Kier molecular flexibility index (Phi) is 5.85. The average molecular weight is 320 g/mol. The molecule has 1 N–H and O–H groups in total. The standard InChI is InChI=1S/C15H20N4O2S/c1-19(2)8-7-14-17-18-15(22-14)16-13(20)10-11-5-4-6-12(9-11)21-3/h4-6,9H,7-8,10H2,1-3H3,(H,16,18,20). The van der Waals surface area contributed by atoms with Crippen molar-refractivity contribution in [1.82, 2.24) is 15.1 Å². The van der Waals surface area contributed by atoms with E-state index in [1.165, 1.54) is 11.3 Å². The number of nitrogens with one attached hydrogen (secondary N) is 1. The zero-order valence-corrected chi connectivity index (χ0v) is 13.8. The predicted octanol–water partition coefficient (Wildman–Crippen LogP) is 1.83. The van der Waals surface area contributed by atoms with Crippen LogP contribution >= 0.6 is 11.3 Å². The number of anilines is 1. The quantitative estimate of drug-likeness (QED) is 0.843. The van der Waals surface area contributed by atoms with E-state index in [1.807, 2.05) is 38.4 Å². The number of ether oxygens (including phenoxy) is 1. The second-order valence-electron chi connectivity index (χ2n) is 5.13. The molecule has 0 spiro atoms. The molecule has 2 aromatic rings. The minimum absolute atomic E-state index is 0.108. The summed E-state index contributed by atoms with van der Waals surface area (Å²) in [5.74, 6) is 0.635. The van der Waals surface area contributed by atoms with Crippen molar-refractivity contribution in [3.63, 3.8) is 0 Å². The number of likely N-dealkylation sites (N-methyl/N-ethyl adjacent to an activating group) is 1. The lowest BCUT2D eigenvalue weighted by Gasteiger charge is -2.06. The molecule has 2 rings (SSSR count). The molecule has 0 aliphatic rings. The molecule has 0 aliphatic carbocycles. The van der Waals surface area contributed by atoms with Gasteiger partial charge < -0.3 is 15.0 Å². The first-order chi connectivity index (χ1) is 10.6. The zero-order valence-electron chi connectivity index (χ0n) is 13.0. The highest BCUT2D eigenvalue weighted by atomic mass is 32.1. The molecule has 1 amide bonds. The van der Waals surface area contributed by atoms with E-state index in [2.05, 4.69) is 20.4 Å². The van der Waals surface area contributed by atoms with E-state index >= 15 is 0 Å². The van der Waals surface area contributed by atoms with E-state index < -0.39 is 0 Å². The Labute approximate surface area is 134 Å². The van der Waals surface area contributed by atoms with Crippen molar-refractivity contribution < 1.29 is 9.53 Å². The fraction of sp³-hybridized carbons (Fsp3) is 0.400. The molecule has 0 saturated carbocycles. The Morgan fingerprint density at radius 2 is 2.18 bits per heavy atom. The number of hydrogen-bond donors (Lipinski definition) is 1. The summed E-state index contributed by atoms with van der Waals surface area (Å²) in [7, 11) is 5.63. The average Bonchev–Trinajstić information content (AvgIpc) is 2.92. The topological polar surface area (TPSA) is 67.3 Å². The first kappa shape index (κ1) is 16.4. The minimum atomic E-state index is -0.108. The lowest BCUT2D eigenvalue weighted by Crippen LogP contribution is -2.14. The number of rotatable bonds is 7. The maximum absolute atomic E-state index is 12.0. The fourth-order valence-corrected chi connectivity index (χ4v) is 2.60. The van der Waals surface area contributed by atoms with Gasteiger partial charge in [0, 0.05) is 13.0 Å². The van der Waals surface area contributed by atoms with Gasteiger partial charge in [-0.2, -0.15) is 0 Å². The lowest BCUT2D eigenvalue weighted by molar-refractivity contribution is -0.115. The van der Waals surface area contributed by atoms with Gasteiger partial charge in [-0.05, 0) is 31.8 Å². The van der Waals surface area contributed by atoms with Crippen molar-refractivity contribution in [3.05, 3.63) is 34.8 Å². The first-order valence-corrected chi connectivity index (χ1v) is 7.78. The number of carbonyl (C=O) groups excluding carboxylic acids is 1. The number of amides is 1. The molecule has 1 aromatic heterocycles. The number of nitrogens with zero attached hydrogens (tertiary/aromatic N) is 3. The van der Waals surface area contributed by atoms with Crippen LogP contribution in [-0.4, -0.2) is 48.8 Å². The molecule has 22 heavy (non-hydrogen) atoms. The van der Waals surface area contributed by atoms with E-state index in [4.69, 9.17) is 4.74 Å². The summed E-state index contributed by atoms with van der Waals surface area (Å²) >= 11 is 1.42. The number of carbonyl (C=O) groups is 1. The van der Waals surface area contributed by atoms with E-state index in [0.717, 1.165) is 29.3 Å². The molecule has 0 saturated heterocycles. The van der Waals surface area contributed by atoms with Crippen LogP contribution in [0.1, 0.15) is 10.6 Å². The zero-order chi connectivity index (χ0) is 15.9. The van der Waals surface area contributed by atoms with Crippen LogP contribution < -0.4 is 10.1 Å². The molecule has 0 atom stereocenters. The molecule has 1 heterocycles. The summed E-state index contributed by atoms with van der Waals surface area (Å²) in [6.07, 6.45) is 1.11. The van der Waals surface area contributed by atoms with Gasteiger partial charge in [0.05, 0.1) is 13.5 Å². The van der Waals surface area contributed by atoms with Gasteiger partial charge in [-0.3, -0.25) is 4.79 Å². The maximum atomic E-state index is 12.0. The maximum Gasteiger partial charge on any atom is 0.230 e. The monoisotopic (exact) mass is 320 g/mol. The minimum Gasteiger partial charge on any atom is -0.497 e. The molecular formula is C15H20N4O2S. The van der Waals surface area contributed by atoms with Gasteiger partial charge in [0.25, 0.3) is 0 Å². The second-order valence-corrected chi connectivity index (χ2v) is 6.19. The normalized spacial score (nSPS) is 10.7. The molecule has 0 fully saturated rings. The summed E-state index contributed by atoms with van der Waals surface area (Å²) in [6, 6.07) is 7.46. The van der Waals surface area contributed by atoms with Gasteiger partial charge in [-0.1, -0.05) is 23.5 Å². The van der Waals surface area contributed by atoms with Crippen LogP contribution in [0.2, 0.25) is 0 Å². The van der Waals surface area contributed by atoms with Crippen molar-refractivity contribution in [2.45, 2.75) is 12.8 Å². The molecule has 0 bridgehead atoms. The highest BCUT2D eigenvalue weighted by molar-refractivity contribution is 7.15. The molecule has 7 heteroatoms. The summed E-state index contributed by atoms with van der Waals surface area (Å²) in [5, 5.41) is 12.3. The van der Waals surface area contributed by atoms with Gasteiger partial charge in [0.1, 0.15) is 10.8 Å². The Morgan fingerprint density at radius 1 is 1.36 bits per heavy atom. The number of aromatic nitrogens is 2. The van der Waals surface area contributed by atoms with Gasteiger partial charge >= 0.3 is 0 Å². The number of hydrogen-bond acceptors (Lipinski definition) is 6. The predicted molar refractivity (Wildman–Crippen MR) is 87.5 cm³/mol. The van der Waals surface area contributed by atoms with Crippen molar-refractivity contribution in [3.8, 4) is 5.75 Å². The smallest absolute Gasteiger partial charge is 0.230 e. The van der Waals surface area contributed by atoms with Gasteiger partial charge in [-0.15, -0.1) is 10.2 Å². The number of methoxy groups -OCH3 is 1. The largest absolute Gasteiger partial charge is 0.497 e. The van der Waals surface area contributed by atoms with E-state index in [1.54, 1.807) is 7.11 Å². The number of benzene rings is 1. The van der Waals surface area contributed by atoms with Crippen molar-refractivity contribution in [1.29, 1.82) is 0 Å². The molecule has 0 aliphatic heterocycles. The third kappa shape index (κ3) is 5.09. The second kappa shape index (κ2) is 7.86. The van der Waals surface area contributed by atoms with Crippen LogP contribution in [0.3, 0.4) is 0 Å². The first-order valence-electron chi connectivity index (χ1n) is 6.96. The summed E-state index contributed by atoms with van der Waals surface area (Å²) in [6.45, 7) is 0.909. The third-order valence-electron chi connectivity index (χ3n) is 2.98. The SMILES string of the molecule is COc1cccc(CC(=O)Nc2nnc(CCN(C)C)s2)c1. The highest BCUT2D eigenvalue weighted by Crippen LogP contribution is 2.17. The Bertz CT molecular complexity index is 628. The van der Waals surface area contributed by atoms with Crippen LogP contribution in [-0.2, 0) is 17.6 Å². The van der Waals surface area contributed by atoms with Crippen LogP contribution in [0, 0.1) is 0 Å².